The Bertz CT molecular complexity index is 1470. The van der Waals surface area contributed by atoms with E-state index in [1.165, 1.54) is 0 Å². The van der Waals surface area contributed by atoms with Crippen molar-refractivity contribution in [3.05, 3.63) is 102 Å². The summed E-state index contributed by atoms with van der Waals surface area (Å²) in [6.07, 6.45) is 3.23. The zero-order valence-electron chi connectivity index (χ0n) is 17.5. The van der Waals surface area contributed by atoms with Gasteiger partial charge in [-0.05, 0) is 54.6 Å². The van der Waals surface area contributed by atoms with Crippen molar-refractivity contribution < 1.29 is 10.2 Å². The first-order valence-electron chi connectivity index (χ1n) is 10.3. The number of benzene rings is 4. The predicted octanol–water partition coefficient (Wildman–Crippen LogP) is 6.88. The van der Waals surface area contributed by atoms with Gasteiger partial charge < -0.3 is 10.2 Å². The van der Waals surface area contributed by atoms with Crippen molar-refractivity contribution >= 4 is 45.4 Å². The van der Waals surface area contributed by atoms with Crippen LogP contribution in [0.1, 0.15) is 11.1 Å². The monoisotopic (exact) mass is 449 g/mol. The lowest BCUT2D eigenvalue weighted by Gasteiger charge is -2.05. The van der Waals surface area contributed by atoms with Crippen LogP contribution in [0.3, 0.4) is 0 Å². The van der Waals surface area contributed by atoms with E-state index in [0.29, 0.717) is 22.5 Å². The molecular formula is C27H19N3O2S. The molecule has 0 saturated carbocycles. The van der Waals surface area contributed by atoms with E-state index < -0.39 is 0 Å². The average molecular weight is 450 g/mol. The van der Waals surface area contributed by atoms with E-state index in [1.807, 2.05) is 48.5 Å². The van der Waals surface area contributed by atoms with Crippen molar-refractivity contribution in [3.8, 4) is 22.1 Å². The van der Waals surface area contributed by atoms with Crippen molar-refractivity contribution in [2.24, 2.45) is 9.98 Å². The Balaban J connectivity index is 1.57. The molecule has 0 unspecified atom stereocenters. The van der Waals surface area contributed by atoms with Gasteiger partial charge in [0.1, 0.15) is 16.5 Å². The first kappa shape index (κ1) is 20.6. The summed E-state index contributed by atoms with van der Waals surface area (Å²) < 4.78 is 1.12. The molecule has 160 valence electrons. The largest absolute Gasteiger partial charge is 0.507 e. The molecule has 0 bridgehead atoms. The number of hydrogen-bond donors (Lipinski definition) is 2. The number of thiazole rings is 1. The van der Waals surface area contributed by atoms with Crippen LogP contribution in [-0.2, 0) is 0 Å². The number of aromatic nitrogens is 1. The fourth-order valence-electron chi connectivity index (χ4n) is 3.34. The first-order valence-corrected chi connectivity index (χ1v) is 11.1. The third kappa shape index (κ3) is 4.51. The normalized spacial score (nSPS) is 11.6. The Hall–Kier alpha value is -4.29. The third-order valence-corrected chi connectivity index (χ3v) is 6.16. The molecule has 0 aliphatic rings. The highest BCUT2D eigenvalue weighted by Gasteiger charge is 2.09. The standard InChI is InChI=1S/C27H19N3O2S/c31-24-10-4-1-7-19(24)16-28-21-14-13-18(27-30-22-9-3-6-12-26(22)33-27)15-23(21)29-17-20-8-2-5-11-25(20)32/h1-17,31-32H. The molecule has 0 spiro atoms. The molecule has 4 aromatic carbocycles. The van der Waals surface area contributed by atoms with Gasteiger partial charge in [-0.15, -0.1) is 11.3 Å². The average Bonchev–Trinajstić information content (AvgIpc) is 3.28. The van der Waals surface area contributed by atoms with Crippen LogP contribution in [0.15, 0.2) is 101 Å². The Morgan fingerprint density at radius 1 is 0.667 bits per heavy atom. The molecular weight excluding hydrogens is 430 g/mol. The van der Waals surface area contributed by atoms with E-state index in [9.17, 15) is 10.2 Å². The number of rotatable bonds is 5. The number of phenols is 2. The van der Waals surface area contributed by atoms with E-state index in [4.69, 9.17) is 4.98 Å². The Kier molecular flexibility index (Phi) is 5.66. The second-order valence-electron chi connectivity index (χ2n) is 7.32. The van der Waals surface area contributed by atoms with Gasteiger partial charge in [-0.25, -0.2) is 4.98 Å². The van der Waals surface area contributed by atoms with Gasteiger partial charge in [0.2, 0.25) is 0 Å². The van der Waals surface area contributed by atoms with Crippen LogP contribution < -0.4 is 0 Å². The molecule has 33 heavy (non-hydrogen) atoms. The molecule has 0 amide bonds. The minimum absolute atomic E-state index is 0.155. The van der Waals surface area contributed by atoms with Gasteiger partial charge in [-0.3, -0.25) is 9.98 Å². The quantitative estimate of drug-likeness (QED) is 0.287. The summed E-state index contributed by atoms with van der Waals surface area (Å²) in [5.41, 5.74) is 4.37. The number of aromatic hydroxyl groups is 2. The highest BCUT2D eigenvalue weighted by Crippen LogP contribution is 2.36. The number of hydrogen-bond acceptors (Lipinski definition) is 6. The van der Waals surface area contributed by atoms with Crippen LogP contribution in [-0.4, -0.2) is 27.6 Å². The Morgan fingerprint density at radius 2 is 1.27 bits per heavy atom. The third-order valence-electron chi connectivity index (χ3n) is 5.08. The maximum Gasteiger partial charge on any atom is 0.124 e. The van der Waals surface area contributed by atoms with Crippen molar-refractivity contribution in [1.29, 1.82) is 0 Å². The molecule has 0 atom stereocenters. The maximum atomic E-state index is 10.1. The van der Waals surface area contributed by atoms with Gasteiger partial charge >= 0.3 is 0 Å². The summed E-state index contributed by atoms with van der Waals surface area (Å²) in [4.78, 5) is 13.9. The molecule has 0 fully saturated rings. The van der Waals surface area contributed by atoms with E-state index in [-0.39, 0.29) is 11.5 Å². The highest BCUT2D eigenvalue weighted by atomic mass is 32.1. The van der Waals surface area contributed by atoms with Gasteiger partial charge in [0.05, 0.1) is 21.6 Å². The lowest BCUT2D eigenvalue weighted by Crippen LogP contribution is -1.84. The van der Waals surface area contributed by atoms with E-state index in [0.717, 1.165) is 20.8 Å². The van der Waals surface area contributed by atoms with Crippen LogP contribution in [0.25, 0.3) is 20.8 Å². The zero-order valence-corrected chi connectivity index (χ0v) is 18.3. The summed E-state index contributed by atoms with van der Waals surface area (Å²) >= 11 is 1.62. The van der Waals surface area contributed by atoms with Crippen LogP contribution in [0, 0.1) is 0 Å². The molecule has 2 N–H and O–H groups in total. The second-order valence-corrected chi connectivity index (χ2v) is 8.35. The lowest BCUT2D eigenvalue weighted by atomic mass is 10.1. The van der Waals surface area contributed by atoms with E-state index in [2.05, 4.69) is 16.1 Å². The molecule has 0 aliphatic carbocycles. The molecule has 1 heterocycles. The van der Waals surface area contributed by atoms with Crippen LogP contribution in [0.2, 0.25) is 0 Å². The topological polar surface area (TPSA) is 78.1 Å². The molecule has 0 radical (unpaired) electrons. The molecule has 0 aliphatic heterocycles. The summed E-state index contributed by atoms with van der Waals surface area (Å²) in [5.74, 6) is 0.314. The van der Waals surface area contributed by atoms with Gasteiger partial charge in [0.15, 0.2) is 0 Å². The van der Waals surface area contributed by atoms with Crippen molar-refractivity contribution in [2.75, 3.05) is 0 Å². The maximum absolute atomic E-state index is 10.1. The molecule has 6 heteroatoms. The first-order chi connectivity index (χ1) is 16.2. The van der Waals surface area contributed by atoms with Gasteiger partial charge in [0.25, 0.3) is 0 Å². The van der Waals surface area contributed by atoms with Crippen LogP contribution >= 0.6 is 11.3 Å². The minimum atomic E-state index is 0.155. The minimum Gasteiger partial charge on any atom is -0.507 e. The van der Waals surface area contributed by atoms with Crippen molar-refractivity contribution in [2.45, 2.75) is 0 Å². The fraction of sp³-hybridized carbons (Fsp3) is 0. The number of phenolic OH excluding ortho intramolecular Hbond substituents is 2. The van der Waals surface area contributed by atoms with Crippen molar-refractivity contribution in [3.63, 3.8) is 0 Å². The van der Waals surface area contributed by atoms with Crippen LogP contribution in [0.4, 0.5) is 11.4 Å². The fourth-order valence-corrected chi connectivity index (χ4v) is 4.30. The summed E-state index contributed by atoms with van der Waals surface area (Å²) in [6.45, 7) is 0. The van der Waals surface area contributed by atoms with E-state index in [1.54, 1.807) is 60.2 Å². The Morgan fingerprint density at radius 3 is 1.94 bits per heavy atom. The lowest BCUT2D eigenvalue weighted by molar-refractivity contribution is 0.474. The number of aliphatic imine (C=N–C) groups is 2. The highest BCUT2D eigenvalue weighted by molar-refractivity contribution is 7.21. The molecule has 0 saturated heterocycles. The van der Waals surface area contributed by atoms with Crippen molar-refractivity contribution in [1.82, 2.24) is 4.98 Å². The second kappa shape index (κ2) is 9.06. The van der Waals surface area contributed by atoms with Crippen LogP contribution in [0.5, 0.6) is 11.5 Å². The van der Waals surface area contributed by atoms with Gasteiger partial charge in [-0.1, -0.05) is 36.4 Å². The van der Waals surface area contributed by atoms with E-state index >= 15 is 0 Å². The summed E-state index contributed by atoms with van der Waals surface area (Å²) in [5, 5.41) is 21.0. The summed E-state index contributed by atoms with van der Waals surface area (Å²) in [6, 6.07) is 27.9. The van der Waals surface area contributed by atoms with Gasteiger partial charge in [-0.2, -0.15) is 0 Å². The zero-order chi connectivity index (χ0) is 22.6. The Labute approximate surface area is 194 Å². The summed E-state index contributed by atoms with van der Waals surface area (Å²) in [7, 11) is 0. The predicted molar refractivity (Wildman–Crippen MR) is 136 cm³/mol. The number of nitrogens with zero attached hydrogens (tertiary/aromatic N) is 3. The smallest absolute Gasteiger partial charge is 0.124 e. The number of fused-ring (bicyclic) bond motifs is 1. The SMILES string of the molecule is Oc1ccccc1C=Nc1ccc(-c2nc3ccccc3s2)cc1N=Cc1ccccc1O. The van der Waals surface area contributed by atoms with Gasteiger partial charge in [0, 0.05) is 29.1 Å². The number of para-hydroxylation sites is 3. The molecule has 1 aromatic heterocycles. The molecule has 5 aromatic rings. The molecule has 5 rings (SSSR count). The molecule has 5 nitrogen and oxygen atoms in total.